The molecule has 6 nitrogen and oxygen atoms in total. The lowest BCUT2D eigenvalue weighted by molar-refractivity contribution is 0.0792. The smallest absolute Gasteiger partial charge is 0.255 e. The van der Waals surface area contributed by atoms with Crippen molar-refractivity contribution in [3.05, 3.63) is 66.0 Å². The van der Waals surface area contributed by atoms with E-state index >= 15 is 0 Å². The number of carbonyl (C=O) groups is 1. The lowest BCUT2D eigenvalue weighted by Gasteiger charge is -2.19. The summed E-state index contributed by atoms with van der Waals surface area (Å²) in [5, 5.41) is 11.8. The van der Waals surface area contributed by atoms with Crippen LogP contribution in [-0.4, -0.2) is 58.2 Å². The molecule has 0 aliphatic carbocycles. The molecular formula is C24H26N4O2. The summed E-state index contributed by atoms with van der Waals surface area (Å²) in [6.07, 6.45) is 6.06. The quantitative estimate of drug-likeness (QED) is 0.727. The van der Waals surface area contributed by atoms with Gasteiger partial charge in [-0.3, -0.25) is 9.78 Å². The Kier molecular flexibility index (Phi) is 5.09. The number of para-hydroxylation sites is 1. The molecule has 2 aliphatic rings. The van der Waals surface area contributed by atoms with E-state index in [1.807, 2.05) is 41.4 Å². The molecular weight excluding hydrogens is 376 g/mol. The molecule has 2 atom stereocenters. The second-order valence-corrected chi connectivity index (χ2v) is 8.33. The number of amides is 1. The highest BCUT2D eigenvalue weighted by Crippen LogP contribution is 2.28. The number of fused-ring (bicyclic) bond motifs is 1. The average Bonchev–Trinajstić information content (AvgIpc) is 3.44. The summed E-state index contributed by atoms with van der Waals surface area (Å²) in [4.78, 5) is 25.5. The molecule has 2 fully saturated rings. The lowest BCUT2D eigenvalue weighted by Crippen LogP contribution is -2.28. The van der Waals surface area contributed by atoms with Gasteiger partial charge in [-0.15, -0.1) is 0 Å². The second kappa shape index (κ2) is 8.03. The molecule has 0 radical (unpaired) electrons. The summed E-state index contributed by atoms with van der Waals surface area (Å²) in [6.45, 7) is 2.97. The van der Waals surface area contributed by atoms with Crippen molar-refractivity contribution >= 4 is 22.6 Å². The molecule has 1 N–H and O–H groups in total. The molecule has 0 saturated carbocycles. The predicted molar refractivity (Wildman–Crippen MR) is 117 cm³/mol. The maximum absolute atomic E-state index is 12.5. The zero-order valence-corrected chi connectivity index (χ0v) is 16.9. The van der Waals surface area contributed by atoms with Gasteiger partial charge in [0.25, 0.3) is 5.91 Å². The summed E-state index contributed by atoms with van der Waals surface area (Å²) in [7, 11) is 0. The predicted octanol–water partition coefficient (Wildman–Crippen LogP) is 2.91. The van der Waals surface area contributed by atoms with Crippen molar-refractivity contribution in [3.63, 3.8) is 0 Å². The van der Waals surface area contributed by atoms with Crippen LogP contribution >= 0.6 is 0 Å². The van der Waals surface area contributed by atoms with Crippen LogP contribution in [0, 0.1) is 5.92 Å². The Bertz CT molecular complexity index is 1040. The van der Waals surface area contributed by atoms with E-state index < -0.39 is 6.10 Å². The van der Waals surface area contributed by atoms with Gasteiger partial charge in [-0.25, -0.2) is 4.98 Å². The molecule has 6 heteroatoms. The molecule has 0 unspecified atom stereocenters. The van der Waals surface area contributed by atoms with Gasteiger partial charge in [0.1, 0.15) is 5.82 Å². The van der Waals surface area contributed by atoms with Crippen LogP contribution in [0.15, 0.2) is 54.9 Å². The summed E-state index contributed by atoms with van der Waals surface area (Å²) < 4.78 is 0. The highest BCUT2D eigenvalue weighted by atomic mass is 16.3. The normalized spacial score (nSPS) is 21.5. The van der Waals surface area contributed by atoms with E-state index in [2.05, 4.69) is 27.0 Å². The van der Waals surface area contributed by atoms with Crippen molar-refractivity contribution in [1.82, 2.24) is 14.9 Å². The Balaban J connectivity index is 1.29. The first kappa shape index (κ1) is 19.0. The Morgan fingerprint density at radius 2 is 1.87 bits per heavy atom. The van der Waals surface area contributed by atoms with Crippen molar-refractivity contribution in [3.8, 4) is 0 Å². The van der Waals surface area contributed by atoms with E-state index in [1.54, 1.807) is 6.20 Å². The summed E-state index contributed by atoms with van der Waals surface area (Å²) in [5.41, 5.74) is 2.84. The standard InChI is InChI=1S/C24H26N4O2/c29-22-16-28(23-8-7-18(14-26-23)24(30)27-11-3-4-12-27)15-19(22)13-17-9-10-25-21-6-2-1-5-20(17)21/h1-2,5-10,14,19,22,29H,3-4,11-13,15-16H2/t19-,22+/m1/s1. The number of benzene rings is 1. The third-order valence-electron chi connectivity index (χ3n) is 6.34. The molecule has 2 saturated heterocycles. The van der Waals surface area contributed by atoms with Crippen LogP contribution in [0.3, 0.4) is 0 Å². The number of nitrogens with zero attached hydrogens (tertiary/aromatic N) is 4. The van der Waals surface area contributed by atoms with Gasteiger partial charge in [-0.1, -0.05) is 18.2 Å². The van der Waals surface area contributed by atoms with E-state index in [4.69, 9.17) is 0 Å². The van der Waals surface area contributed by atoms with E-state index in [0.717, 1.165) is 55.6 Å². The molecule has 154 valence electrons. The van der Waals surface area contributed by atoms with E-state index in [9.17, 15) is 9.90 Å². The second-order valence-electron chi connectivity index (χ2n) is 8.33. The number of anilines is 1. The van der Waals surface area contributed by atoms with E-state index in [0.29, 0.717) is 12.1 Å². The molecule has 1 amide bonds. The van der Waals surface area contributed by atoms with Gasteiger partial charge in [0, 0.05) is 49.9 Å². The zero-order chi connectivity index (χ0) is 20.5. The third-order valence-corrected chi connectivity index (χ3v) is 6.34. The number of β-amino-alcohol motifs (C(OH)–C–C–N with tert-alkyl or cyclic N) is 1. The van der Waals surface area contributed by atoms with Crippen LogP contribution in [0.25, 0.3) is 10.9 Å². The Labute approximate surface area is 176 Å². The van der Waals surface area contributed by atoms with Gasteiger partial charge in [-0.05, 0) is 49.1 Å². The summed E-state index contributed by atoms with van der Waals surface area (Å²) >= 11 is 0. The minimum atomic E-state index is -0.412. The number of carbonyl (C=O) groups excluding carboxylic acids is 1. The minimum absolute atomic E-state index is 0.0652. The number of hydrogen-bond acceptors (Lipinski definition) is 5. The van der Waals surface area contributed by atoms with Gasteiger partial charge < -0.3 is 14.9 Å². The number of aromatic nitrogens is 2. The van der Waals surface area contributed by atoms with Crippen molar-refractivity contribution in [1.29, 1.82) is 0 Å². The first-order chi connectivity index (χ1) is 14.7. The number of hydrogen-bond donors (Lipinski definition) is 1. The largest absolute Gasteiger partial charge is 0.391 e. The molecule has 5 rings (SSSR count). The average molecular weight is 402 g/mol. The molecule has 0 bridgehead atoms. The first-order valence-corrected chi connectivity index (χ1v) is 10.7. The van der Waals surface area contributed by atoms with Gasteiger partial charge in [0.05, 0.1) is 17.2 Å². The first-order valence-electron chi connectivity index (χ1n) is 10.7. The molecule has 4 heterocycles. The molecule has 1 aromatic carbocycles. The maximum atomic E-state index is 12.5. The maximum Gasteiger partial charge on any atom is 0.255 e. The Morgan fingerprint density at radius 1 is 1.03 bits per heavy atom. The number of likely N-dealkylation sites (tertiary alicyclic amines) is 1. The monoisotopic (exact) mass is 402 g/mol. The Morgan fingerprint density at radius 3 is 2.67 bits per heavy atom. The summed E-state index contributed by atoms with van der Waals surface area (Å²) in [6, 6.07) is 13.9. The Hall–Kier alpha value is -2.99. The fourth-order valence-electron chi connectivity index (χ4n) is 4.66. The topological polar surface area (TPSA) is 69.6 Å². The number of aliphatic hydroxyl groups is 1. The lowest BCUT2D eigenvalue weighted by atomic mass is 9.94. The summed E-state index contributed by atoms with van der Waals surface area (Å²) in [5.74, 6) is 1.01. The van der Waals surface area contributed by atoms with Crippen molar-refractivity contribution in [2.45, 2.75) is 25.4 Å². The minimum Gasteiger partial charge on any atom is -0.391 e. The number of rotatable bonds is 4. The SMILES string of the molecule is O=C(c1ccc(N2C[C@@H](Cc3ccnc4ccccc34)[C@@H](O)C2)nc1)N1CCCC1. The third kappa shape index (κ3) is 3.63. The van der Waals surface area contributed by atoms with Crippen molar-refractivity contribution < 1.29 is 9.90 Å². The van der Waals surface area contributed by atoms with Crippen LogP contribution in [0.1, 0.15) is 28.8 Å². The van der Waals surface area contributed by atoms with Gasteiger partial charge in [0.2, 0.25) is 0 Å². The van der Waals surface area contributed by atoms with E-state index in [1.165, 1.54) is 5.56 Å². The number of pyridine rings is 2. The number of aliphatic hydroxyl groups excluding tert-OH is 1. The van der Waals surface area contributed by atoms with Gasteiger partial charge in [0.15, 0.2) is 0 Å². The van der Waals surface area contributed by atoms with Crippen molar-refractivity contribution in [2.24, 2.45) is 5.92 Å². The van der Waals surface area contributed by atoms with Crippen molar-refractivity contribution in [2.75, 3.05) is 31.1 Å². The van der Waals surface area contributed by atoms with Crippen LogP contribution in [-0.2, 0) is 6.42 Å². The molecule has 3 aromatic rings. The van der Waals surface area contributed by atoms with Crippen LogP contribution in [0.4, 0.5) is 5.82 Å². The van der Waals surface area contributed by atoms with Gasteiger partial charge in [-0.2, -0.15) is 0 Å². The molecule has 2 aromatic heterocycles. The fourth-order valence-corrected chi connectivity index (χ4v) is 4.66. The van der Waals surface area contributed by atoms with Crippen LogP contribution < -0.4 is 4.90 Å². The van der Waals surface area contributed by atoms with Crippen LogP contribution in [0.5, 0.6) is 0 Å². The van der Waals surface area contributed by atoms with Crippen LogP contribution in [0.2, 0.25) is 0 Å². The molecule has 0 spiro atoms. The molecule has 2 aliphatic heterocycles. The highest BCUT2D eigenvalue weighted by molar-refractivity contribution is 5.94. The van der Waals surface area contributed by atoms with Gasteiger partial charge >= 0.3 is 0 Å². The zero-order valence-electron chi connectivity index (χ0n) is 16.9. The van der Waals surface area contributed by atoms with E-state index in [-0.39, 0.29) is 11.8 Å². The fraction of sp³-hybridized carbons (Fsp3) is 0.375. The molecule has 30 heavy (non-hydrogen) atoms. The highest BCUT2D eigenvalue weighted by Gasteiger charge is 2.32.